The maximum atomic E-state index is 11.1. The Hall–Kier alpha value is -0.610. The average molecular weight is 228 g/mol. The predicted octanol–water partition coefficient (Wildman–Crippen LogP) is 0.869. The molecular formula is C12H24N2O2. The van der Waals surface area contributed by atoms with Gasteiger partial charge in [0.25, 0.3) is 0 Å². The molecular weight excluding hydrogens is 204 g/mol. The van der Waals surface area contributed by atoms with Crippen molar-refractivity contribution in [3.8, 4) is 0 Å². The molecule has 1 heterocycles. The summed E-state index contributed by atoms with van der Waals surface area (Å²) in [4.78, 5) is 13.6. The van der Waals surface area contributed by atoms with E-state index in [9.17, 15) is 4.79 Å². The first-order chi connectivity index (χ1) is 7.63. The van der Waals surface area contributed by atoms with Gasteiger partial charge in [-0.1, -0.05) is 0 Å². The van der Waals surface area contributed by atoms with Gasteiger partial charge >= 0.3 is 5.97 Å². The molecule has 16 heavy (non-hydrogen) atoms. The third-order valence-corrected chi connectivity index (χ3v) is 3.06. The standard InChI is InChI=1S/C12H24N2O2/c1-4-16-12(15)8-13-7-11-5-6-14(9-11)10(2)3/h10-11,13H,4-9H2,1-3H3. The van der Waals surface area contributed by atoms with Gasteiger partial charge in [0.1, 0.15) is 0 Å². The number of nitrogens with one attached hydrogen (secondary N) is 1. The molecule has 0 aliphatic carbocycles. The molecule has 0 bridgehead atoms. The number of rotatable bonds is 6. The molecule has 94 valence electrons. The van der Waals surface area contributed by atoms with E-state index in [1.54, 1.807) is 0 Å². The van der Waals surface area contributed by atoms with Gasteiger partial charge in [0.05, 0.1) is 13.2 Å². The number of carbonyl (C=O) groups excluding carboxylic acids is 1. The first-order valence-electron chi connectivity index (χ1n) is 6.23. The third-order valence-electron chi connectivity index (χ3n) is 3.06. The van der Waals surface area contributed by atoms with Crippen LogP contribution in [0.25, 0.3) is 0 Å². The number of carbonyl (C=O) groups is 1. The molecule has 0 spiro atoms. The largest absolute Gasteiger partial charge is 0.465 e. The van der Waals surface area contributed by atoms with Crippen molar-refractivity contribution in [2.24, 2.45) is 5.92 Å². The Morgan fingerprint density at radius 2 is 2.31 bits per heavy atom. The van der Waals surface area contributed by atoms with Crippen LogP contribution in [0.1, 0.15) is 27.2 Å². The number of esters is 1. The molecule has 1 N–H and O–H groups in total. The molecule has 4 nitrogen and oxygen atoms in total. The summed E-state index contributed by atoms with van der Waals surface area (Å²) < 4.78 is 4.85. The highest BCUT2D eigenvalue weighted by Crippen LogP contribution is 2.17. The maximum absolute atomic E-state index is 11.1. The summed E-state index contributed by atoms with van der Waals surface area (Å²) in [7, 11) is 0. The van der Waals surface area contributed by atoms with Crippen molar-refractivity contribution in [2.75, 3.05) is 32.8 Å². The number of ether oxygens (including phenoxy) is 1. The van der Waals surface area contributed by atoms with E-state index in [0.717, 1.165) is 13.1 Å². The maximum Gasteiger partial charge on any atom is 0.319 e. The summed E-state index contributed by atoms with van der Waals surface area (Å²) in [5, 5.41) is 3.17. The van der Waals surface area contributed by atoms with Gasteiger partial charge in [0.15, 0.2) is 0 Å². The van der Waals surface area contributed by atoms with Gasteiger partial charge in [0.2, 0.25) is 0 Å². The molecule has 0 amide bonds. The van der Waals surface area contributed by atoms with Crippen LogP contribution in [0, 0.1) is 5.92 Å². The molecule has 1 aliphatic rings. The molecule has 0 aromatic carbocycles. The Kier molecular flexibility index (Phi) is 5.77. The minimum absolute atomic E-state index is 0.152. The van der Waals surface area contributed by atoms with Crippen LogP contribution in [0.4, 0.5) is 0 Å². The fraction of sp³-hybridized carbons (Fsp3) is 0.917. The van der Waals surface area contributed by atoms with Gasteiger partial charge in [-0.25, -0.2) is 0 Å². The van der Waals surface area contributed by atoms with E-state index in [-0.39, 0.29) is 5.97 Å². The Morgan fingerprint density at radius 3 is 2.88 bits per heavy atom. The van der Waals surface area contributed by atoms with E-state index < -0.39 is 0 Å². The van der Waals surface area contributed by atoms with Gasteiger partial charge in [-0.3, -0.25) is 4.79 Å². The van der Waals surface area contributed by atoms with Gasteiger partial charge in [-0.15, -0.1) is 0 Å². The highest BCUT2D eigenvalue weighted by atomic mass is 16.5. The van der Waals surface area contributed by atoms with E-state index in [1.165, 1.54) is 13.0 Å². The fourth-order valence-electron chi connectivity index (χ4n) is 2.09. The molecule has 1 rings (SSSR count). The minimum Gasteiger partial charge on any atom is -0.465 e. The highest BCUT2D eigenvalue weighted by molar-refractivity contribution is 5.71. The summed E-state index contributed by atoms with van der Waals surface area (Å²) in [5.41, 5.74) is 0. The quantitative estimate of drug-likeness (QED) is 0.685. The SMILES string of the molecule is CCOC(=O)CNCC1CCN(C(C)C)C1. The Bertz CT molecular complexity index is 219. The zero-order valence-electron chi connectivity index (χ0n) is 10.7. The molecule has 0 saturated carbocycles. The molecule has 1 atom stereocenters. The molecule has 1 unspecified atom stereocenters. The zero-order valence-corrected chi connectivity index (χ0v) is 10.7. The van der Waals surface area contributed by atoms with Gasteiger partial charge in [-0.2, -0.15) is 0 Å². The lowest BCUT2D eigenvalue weighted by Crippen LogP contribution is -2.32. The van der Waals surface area contributed by atoms with Crippen molar-refractivity contribution < 1.29 is 9.53 Å². The van der Waals surface area contributed by atoms with Crippen LogP contribution in [-0.2, 0) is 9.53 Å². The third kappa shape index (κ3) is 4.49. The first-order valence-corrected chi connectivity index (χ1v) is 6.23. The van der Waals surface area contributed by atoms with Crippen LogP contribution >= 0.6 is 0 Å². The van der Waals surface area contributed by atoms with E-state index in [2.05, 4.69) is 24.1 Å². The summed E-state index contributed by atoms with van der Waals surface area (Å²) in [5.74, 6) is 0.526. The van der Waals surface area contributed by atoms with E-state index in [4.69, 9.17) is 4.74 Å². The molecule has 1 saturated heterocycles. The monoisotopic (exact) mass is 228 g/mol. The molecule has 4 heteroatoms. The van der Waals surface area contributed by atoms with Crippen molar-refractivity contribution in [3.63, 3.8) is 0 Å². The Labute approximate surface area is 98.3 Å². The molecule has 1 aliphatic heterocycles. The summed E-state index contributed by atoms with van der Waals surface area (Å²) >= 11 is 0. The molecule has 1 fully saturated rings. The molecule has 0 aromatic rings. The van der Waals surface area contributed by atoms with Crippen LogP contribution in [0.5, 0.6) is 0 Å². The Balaban J connectivity index is 2.09. The van der Waals surface area contributed by atoms with Gasteiger partial charge < -0.3 is 15.0 Å². The van der Waals surface area contributed by atoms with Crippen molar-refractivity contribution in [2.45, 2.75) is 33.2 Å². The van der Waals surface area contributed by atoms with E-state index >= 15 is 0 Å². The second-order valence-corrected chi connectivity index (χ2v) is 4.68. The lowest BCUT2D eigenvalue weighted by molar-refractivity contribution is -0.142. The number of hydrogen-bond acceptors (Lipinski definition) is 4. The van der Waals surface area contributed by atoms with Gasteiger partial charge in [-0.05, 0) is 46.2 Å². The van der Waals surface area contributed by atoms with Crippen LogP contribution in [0.2, 0.25) is 0 Å². The second-order valence-electron chi connectivity index (χ2n) is 4.68. The van der Waals surface area contributed by atoms with Crippen LogP contribution in [0.3, 0.4) is 0 Å². The first kappa shape index (κ1) is 13.5. The summed E-state index contributed by atoms with van der Waals surface area (Å²) in [6.07, 6.45) is 1.23. The predicted molar refractivity (Wildman–Crippen MR) is 64.3 cm³/mol. The average Bonchev–Trinajstić information content (AvgIpc) is 2.67. The fourth-order valence-corrected chi connectivity index (χ4v) is 2.09. The van der Waals surface area contributed by atoms with Crippen molar-refractivity contribution in [1.29, 1.82) is 0 Å². The smallest absolute Gasteiger partial charge is 0.319 e. The molecule has 0 aromatic heterocycles. The number of hydrogen-bond donors (Lipinski definition) is 1. The lowest BCUT2D eigenvalue weighted by atomic mass is 10.1. The topological polar surface area (TPSA) is 41.6 Å². The zero-order chi connectivity index (χ0) is 12.0. The minimum atomic E-state index is -0.152. The normalized spacial score (nSPS) is 21.6. The van der Waals surface area contributed by atoms with Crippen LogP contribution in [0.15, 0.2) is 0 Å². The number of nitrogens with zero attached hydrogens (tertiary/aromatic N) is 1. The summed E-state index contributed by atoms with van der Waals surface area (Å²) in [6.45, 7) is 10.3. The van der Waals surface area contributed by atoms with Crippen LogP contribution < -0.4 is 5.32 Å². The molecule has 0 radical (unpaired) electrons. The van der Waals surface area contributed by atoms with Gasteiger partial charge in [0, 0.05) is 12.6 Å². The number of likely N-dealkylation sites (tertiary alicyclic amines) is 1. The Morgan fingerprint density at radius 1 is 1.56 bits per heavy atom. The second kappa shape index (κ2) is 6.86. The van der Waals surface area contributed by atoms with Crippen molar-refractivity contribution in [3.05, 3.63) is 0 Å². The highest BCUT2D eigenvalue weighted by Gasteiger charge is 2.23. The van der Waals surface area contributed by atoms with Crippen molar-refractivity contribution in [1.82, 2.24) is 10.2 Å². The lowest BCUT2D eigenvalue weighted by Gasteiger charge is -2.20. The van der Waals surface area contributed by atoms with E-state index in [1.807, 2.05) is 6.92 Å². The summed E-state index contributed by atoms with van der Waals surface area (Å²) in [6, 6.07) is 0.634. The van der Waals surface area contributed by atoms with E-state index in [0.29, 0.717) is 25.1 Å². The van der Waals surface area contributed by atoms with Crippen LogP contribution in [-0.4, -0.2) is 49.7 Å². The van der Waals surface area contributed by atoms with Crippen molar-refractivity contribution >= 4 is 5.97 Å².